The maximum absolute atomic E-state index is 11.6. The zero-order valence-electron chi connectivity index (χ0n) is 10.6. The van der Waals surface area contributed by atoms with E-state index in [-0.39, 0.29) is 17.1 Å². The molecule has 0 radical (unpaired) electrons. The van der Waals surface area contributed by atoms with Gasteiger partial charge in [0.1, 0.15) is 18.3 Å². The molecule has 0 unspecified atom stereocenters. The smallest absolute Gasteiger partial charge is 0.327 e. The topological polar surface area (TPSA) is 179 Å². The Morgan fingerprint density at radius 3 is 2.62 bits per heavy atom. The van der Waals surface area contributed by atoms with Gasteiger partial charge < -0.3 is 25.8 Å². The lowest BCUT2D eigenvalue weighted by Gasteiger charge is -2.17. The molecule has 1 saturated heterocycles. The zero-order chi connectivity index (χ0) is 15.3. The first-order chi connectivity index (χ1) is 9.93. The fraction of sp³-hybridized carbons (Fsp3) is 0.500. The summed E-state index contributed by atoms with van der Waals surface area (Å²) in [5.74, 6) is -0.188. The van der Waals surface area contributed by atoms with Crippen LogP contribution in [0, 0.1) is 0 Å². The van der Waals surface area contributed by atoms with Gasteiger partial charge in [-0.2, -0.15) is 0 Å². The predicted octanol–water partition coefficient (Wildman–Crippen LogP) is -3.39. The number of nitrogens with two attached hydrogens (primary N) is 1. The molecule has 2 aromatic heterocycles. The fourth-order valence-electron chi connectivity index (χ4n) is 2.38. The Kier molecular flexibility index (Phi) is 3.06. The number of rotatable bonds is 2. The van der Waals surface area contributed by atoms with Gasteiger partial charge in [-0.3, -0.25) is 19.3 Å². The van der Waals surface area contributed by atoms with Gasteiger partial charge in [0.25, 0.3) is 5.56 Å². The molecule has 1 fully saturated rings. The van der Waals surface area contributed by atoms with Gasteiger partial charge >= 0.3 is 5.69 Å². The molecule has 11 nitrogen and oxygen atoms in total. The summed E-state index contributed by atoms with van der Waals surface area (Å²) in [7, 11) is 0. The number of nitrogens with one attached hydrogen (secondary N) is 2. The van der Waals surface area contributed by atoms with Crippen molar-refractivity contribution in [2.75, 3.05) is 12.3 Å². The first kappa shape index (κ1) is 13.8. The van der Waals surface area contributed by atoms with Crippen molar-refractivity contribution in [1.82, 2.24) is 19.5 Å². The molecule has 0 aliphatic carbocycles. The summed E-state index contributed by atoms with van der Waals surface area (Å²) in [4.78, 5) is 31.1. The van der Waals surface area contributed by atoms with Gasteiger partial charge in [0.2, 0.25) is 5.95 Å². The van der Waals surface area contributed by atoms with Crippen molar-refractivity contribution in [2.24, 2.45) is 0 Å². The van der Waals surface area contributed by atoms with Crippen LogP contribution in [0.25, 0.3) is 11.2 Å². The van der Waals surface area contributed by atoms with E-state index in [0.29, 0.717) is 0 Å². The van der Waals surface area contributed by atoms with Crippen LogP contribution in [0.5, 0.6) is 0 Å². The molecule has 114 valence electrons. The van der Waals surface area contributed by atoms with Crippen LogP contribution < -0.4 is 17.0 Å². The van der Waals surface area contributed by atoms with Gasteiger partial charge in [0, 0.05) is 0 Å². The number of imidazole rings is 1. The Labute approximate surface area is 115 Å². The normalized spacial score (nSPS) is 29.3. The lowest BCUT2D eigenvalue weighted by atomic mass is 10.1. The highest BCUT2D eigenvalue weighted by Gasteiger charge is 2.44. The number of hydrogen-bond acceptors (Lipinski definition) is 8. The maximum Gasteiger partial charge on any atom is 0.327 e. The van der Waals surface area contributed by atoms with Crippen LogP contribution in [0.2, 0.25) is 0 Å². The number of aliphatic hydroxyl groups excluding tert-OH is 3. The van der Waals surface area contributed by atoms with Crippen molar-refractivity contribution < 1.29 is 20.1 Å². The molecular formula is C10H13N5O6. The highest BCUT2D eigenvalue weighted by molar-refractivity contribution is 5.72. The highest BCUT2D eigenvalue weighted by Crippen LogP contribution is 2.32. The average molecular weight is 299 g/mol. The van der Waals surface area contributed by atoms with E-state index >= 15 is 0 Å². The molecule has 0 spiro atoms. The van der Waals surface area contributed by atoms with E-state index in [1.807, 2.05) is 4.98 Å². The second-order valence-electron chi connectivity index (χ2n) is 4.67. The number of fused-ring (bicyclic) bond motifs is 1. The van der Waals surface area contributed by atoms with Crippen LogP contribution in [0.1, 0.15) is 6.23 Å². The number of nitrogen functional groups attached to an aromatic ring is 1. The number of aromatic nitrogens is 4. The van der Waals surface area contributed by atoms with E-state index < -0.39 is 42.4 Å². The Hall–Kier alpha value is -2.21. The summed E-state index contributed by atoms with van der Waals surface area (Å²) in [5, 5.41) is 28.8. The van der Waals surface area contributed by atoms with Crippen molar-refractivity contribution >= 4 is 17.1 Å². The summed E-state index contributed by atoms with van der Waals surface area (Å²) in [6.07, 6.45) is -4.97. The SMILES string of the molecule is Nc1nc2c(=O)[nH]c(=O)[nH]c2n1[C@@H]1O[C@H](CO)[C@@H](O)[C@H]1O. The molecular weight excluding hydrogens is 286 g/mol. The van der Waals surface area contributed by atoms with Gasteiger partial charge in [-0.1, -0.05) is 0 Å². The second kappa shape index (κ2) is 4.66. The molecule has 11 heteroatoms. The van der Waals surface area contributed by atoms with Gasteiger partial charge in [-0.05, 0) is 0 Å². The summed E-state index contributed by atoms with van der Waals surface area (Å²) < 4.78 is 6.40. The molecule has 1 aliphatic heterocycles. The summed E-state index contributed by atoms with van der Waals surface area (Å²) in [5.41, 5.74) is 3.99. The number of anilines is 1. The third kappa shape index (κ3) is 1.94. The lowest BCUT2D eigenvalue weighted by molar-refractivity contribution is -0.0500. The highest BCUT2D eigenvalue weighted by atomic mass is 16.6. The van der Waals surface area contributed by atoms with Gasteiger partial charge in [0.05, 0.1) is 6.61 Å². The minimum Gasteiger partial charge on any atom is -0.394 e. The minimum absolute atomic E-state index is 0.0453. The first-order valence-corrected chi connectivity index (χ1v) is 6.06. The van der Waals surface area contributed by atoms with Crippen molar-refractivity contribution in [3.8, 4) is 0 Å². The van der Waals surface area contributed by atoms with E-state index in [0.717, 1.165) is 4.57 Å². The van der Waals surface area contributed by atoms with E-state index in [1.165, 1.54) is 0 Å². The molecule has 0 saturated carbocycles. The van der Waals surface area contributed by atoms with Gasteiger partial charge in [-0.25, -0.2) is 9.78 Å². The monoisotopic (exact) mass is 299 g/mol. The summed E-state index contributed by atoms with van der Waals surface area (Å²) >= 11 is 0. The largest absolute Gasteiger partial charge is 0.394 e. The Balaban J connectivity index is 2.19. The van der Waals surface area contributed by atoms with Gasteiger partial charge in [0.15, 0.2) is 17.4 Å². The second-order valence-corrected chi connectivity index (χ2v) is 4.67. The molecule has 2 aromatic rings. The maximum atomic E-state index is 11.6. The zero-order valence-corrected chi connectivity index (χ0v) is 10.6. The number of hydrogen-bond donors (Lipinski definition) is 6. The summed E-state index contributed by atoms with van der Waals surface area (Å²) in [6.45, 7) is -0.516. The van der Waals surface area contributed by atoms with Crippen molar-refractivity contribution in [2.45, 2.75) is 24.5 Å². The standard InChI is InChI=1S/C10H13N5O6/c11-9-12-3-6(13-10(20)14-7(3)19)15(9)8-5(18)4(17)2(1-16)21-8/h2,4-5,8,16-18H,1H2,(H2,11,12)(H2,13,14,19,20)/t2-,4-,5-,8-/m1/s1. The molecule has 3 heterocycles. The predicted molar refractivity (Wildman–Crippen MR) is 68.4 cm³/mol. The van der Waals surface area contributed by atoms with E-state index in [2.05, 4.69) is 9.97 Å². The molecule has 1 aliphatic rings. The number of aliphatic hydroxyl groups is 3. The molecule has 7 N–H and O–H groups in total. The van der Waals surface area contributed by atoms with Crippen molar-refractivity contribution in [3.63, 3.8) is 0 Å². The lowest BCUT2D eigenvalue weighted by Crippen LogP contribution is -2.33. The van der Waals surface area contributed by atoms with Crippen LogP contribution in [-0.2, 0) is 4.74 Å². The molecule has 4 atom stereocenters. The molecule has 3 rings (SSSR count). The van der Waals surface area contributed by atoms with Crippen molar-refractivity contribution in [1.29, 1.82) is 0 Å². The van der Waals surface area contributed by atoms with Crippen LogP contribution in [0.15, 0.2) is 9.59 Å². The molecule has 0 bridgehead atoms. The van der Waals surface area contributed by atoms with E-state index in [9.17, 15) is 19.8 Å². The van der Waals surface area contributed by atoms with E-state index in [4.69, 9.17) is 15.6 Å². The summed E-state index contributed by atoms with van der Waals surface area (Å²) in [6, 6.07) is 0. The Morgan fingerprint density at radius 2 is 2.00 bits per heavy atom. The quantitative estimate of drug-likeness (QED) is 0.332. The number of ether oxygens (including phenoxy) is 1. The Morgan fingerprint density at radius 1 is 1.29 bits per heavy atom. The van der Waals surface area contributed by atoms with Crippen LogP contribution in [0.4, 0.5) is 5.95 Å². The first-order valence-electron chi connectivity index (χ1n) is 6.06. The van der Waals surface area contributed by atoms with E-state index in [1.54, 1.807) is 0 Å². The van der Waals surface area contributed by atoms with Gasteiger partial charge in [-0.15, -0.1) is 0 Å². The molecule has 0 aromatic carbocycles. The molecule has 21 heavy (non-hydrogen) atoms. The number of aromatic amines is 2. The average Bonchev–Trinajstić information content (AvgIpc) is 2.89. The molecule has 0 amide bonds. The fourth-order valence-corrected chi connectivity index (χ4v) is 2.38. The number of nitrogens with zero attached hydrogens (tertiary/aromatic N) is 2. The minimum atomic E-state index is -1.41. The Bertz CT molecular complexity index is 793. The van der Waals surface area contributed by atoms with Crippen molar-refractivity contribution in [3.05, 3.63) is 20.8 Å². The third-order valence-corrected chi connectivity index (χ3v) is 3.38. The van der Waals surface area contributed by atoms with Crippen LogP contribution in [0.3, 0.4) is 0 Å². The number of H-pyrrole nitrogens is 2. The third-order valence-electron chi connectivity index (χ3n) is 3.38. The van der Waals surface area contributed by atoms with Crippen LogP contribution >= 0.6 is 0 Å². The van der Waals surface area contributed by atoms with Crippen LogP contribution in [-0.4, -0.2) is 59.8 Å².